The number of ether oxygens (including phenoxy) is 1. The number of aromatic nitrogens is 3. The maximum atomic E-state index is 12.4. The van der Waals surface area contributed by atoms with Gasteiger partial charge < -0.3 is 10.5 Å². The van der Waals surface area contributed by atoms with Gasteiger partial charge in [0.15, 0.2) is 5.76 Å². The second-order valence-electron chi connectivity index (χ2n) is 5.92. The first kappa shape index (κ1) is 18.1. The fourth-order valence-corrected chi connectivity index (χ4v) is 3.94. The molecule has 2 aromatic heterocycles. The SMILES string of the molecule is CCC(CC)c1nn2c(N)c(/C=C3\C=CC(=O)C(OC)=C3)c(=O)nc2s1. The molecule has 3 rings (SSSR count). The Kier molecular flexibility index (Phi) is 5.03. The van der Waals surface area contributed by atoms with Crippen LogP contribution in [0.5, 0.6) is 0 Å². The lowest BCUT2D eigenvalue weighted by molar-refractivity contribution is -0.114. The number of nitrogens with zero attached hydrogens (tertiary/aromatic N) is 3. The molecule has 2 aromatic rings. The fraction of sp³-hybridized carbons (Fsp3) is 0.333. The number of nitrogens with two attached hydrogens (primary N) is 1. The number of carbonyl (C=O) groups is 1. The van der Waals surface area contributed by atoms with Gasteiger partial charge in [0.2, 0.25) is 10.7 Å². The summed E-state index contributed by atoms with van der Waals surface area (Å²) in [6.07, 6.45) is 8.07. The molecule has 0 spiro atoms. The lowest BCUT2D eigenvalue weighted by Crippen LogP contribution is -2.17. The zero-order chi connectivity index (χ0) is 18.8. The molecule has 0 fully saturated rings. The number of fused-ring (bicyclic) bond motifs is 1. The summed E-state index contributed by atoms with van der Waals surface area (Å²) in [5.74, 6) is 0.532. The average Bonchev–Trinajstić information content (AvgIpc) is 3.04. The van der Waals surface area contributed by atoms with E-state index in [1.165, 1.54) is 29.0 Å². The number of anilines is 1. The summed E-state index contributed by atoms with van der Waals surface area (Å²) in [5.41, 5.74) is 6.65. The molecule has 0 unspecified atom stereocenters. The second kappa shape index (κ2) is 7.25. The van der Waals surface area contributed by atoms with Crippen molar-refractivity contribution in [2.75, 3.05) is 12.8 Å². The first-order valence-corrected chi connectivity index (χ1v) is 9.19. The first-order chi connectivity index (χ1) is 12.5. The summed E-state index contributed by atoms with van der Waals surface area (Å²) in [6.45, 7) is 4.21. The van der Waals surface area contributed by atoms with E-state index in [9.17, 15) is 9.59 Å². The minimum Gasteiger partial charge on any atom is -0.493 e. The van der Waals surface area contributed by atoms with Crippen LogP contribution in [0.4, 0.5) is 5.82 Å². The van der Waals surface area contributed by atoms with Crippen LogP contribution in [0.3, 0.4) is 0 Å². The maximum absolute atomic E-state index is 12.4. The number of methoxy groups -OCH3 is 1. The van der Waals surface area contributed by atoms with Crippen LogP contribution in [-0.2, 0) is 9.53 Å². The molecule has 0 amide bonds. The summed E-state index contributed by atoms with van der Waals surface area (Å²) in [4.78, 5) is 28.7. The standard InChI is InChI=1S/C18H20N4O3S/c1-4-11(5-2)17-21-22-15(19)12(16(24)20-18(22)26-17)8-10-6-7-13(23)14(9-10)25-3/h6-9,11H,4-5,19H2,1-3H3/b10-8+. The highest BCUT2D eigenvalue weighted by molar-refractivity contribution is 7.16. The zero-order valence-electron chi connectivity index (χ0n) is 14.9. The Morgan fingerprint density at radius 1 is 1.31 bits per heavy atom. The van der Waals surface area contributed by atoms with E-state index in [0.29, 0.717) is 16.5 Å². The molecule has 0 aromatic carbocycles. The fourth-order valence-electron chi connectivity index (χ4n) is 2.78. The van der Waals surface area contributed by atoms with E-state index in [1.54, 1.807) is 18.2 Å². The van der Waals surface area contributed by atoms with Gasteiger partial charge in [-0.15, -0.1) is 0 Å². The lowest BCUT2D eigenvalue weighted by atomic mass is 10.0. The van der Waals surface area contributed by atoms with Gasteiger partial charge in [-0.2, -0.15) is 14.6 Å². The van der Waals surface area contributed by atoms with Crippen LogP contribution in [0.25, 0.3) is 11.0 Å². The molecule has 0 bridgehead atoms. The zero-order valence-corrected chi connectivity index (χ0v) is 15.7. The van der Waals surface area contributed by atoms with Crippen molar-refractivity contribution in [3.8, 4) is 0 Å². The second-order valence-corrected chi connectivity index (χ2v) is 6.91. The van der Waals surface area contributed by atoms with Crippen molar-refractivity contribution in [1.29, 1.82) is 0 Å². The van der Waals surface area contributed by atoms with Crippen LogP contribution in [0, 0.1) is 0 Å². The Bertz CT molecular complexity index is 1010. The van der Waals surface area contributed by atoms with Gasteiger partial charge in [0.1, 0.15) is 10.8 Å². The number of hydrogen-bond donors (Lipinski definition) is 1. The number of allylic oxidation sites excluding steroid dienone is 4. The largest absolute Gasteiger partial charge is 0.493 e. The van der Waals surface area contributed by atoms with E-state index in [2.05, 4.69) is 23.9 Å². The summed E-state index contributed by atoms with van der Waals surface area (Å²) in [7, 11) is 1.42. The molecule has 136 valence electrons. The molecule has 0 aliphatic heterocycles. The van der Waals surface area contributed by atoms with E-state index < -0.39 is 5.56 Å². The Labute approximate surface area is 154 Å². The van der Waals surface area contributed by atoms with Crippen LogP contribution in [0.1, 0.15) is 43.2 Å². The van der Waals surface area contributed by atoms with E-state index in [0.717, 1.165) is 17.8 Å². The molecule has 2 heterocycles. The molecule has 1 aliphatic carbocycles. The van der Waals surface area contributed by atoms with Gasteiger partial charge in [-0.1, -0.05) is 31.3 Å². The van der Waals surface area contributed by atoms with Crippen LogP contribution < -0.4 is 11.3 Å². The quantitative estimate of drug-likeness (QED) is 0.866. The van der Waals surface area contributed by atoms with Crippen molar-refractivity contribution in [3.05, 3.63) is 50.5 Å². The third kappa shape index (κ3) is 3.20. The molecule has 8 heteroatoms. The monoisotopic (exact) mass is 372 g/mol. The Morgan fingerprint density at radius 3 is 2.69 bits per heavy atom. The highest BCUT2D eigenvalue weighted by Gasteiger charge is 2.18. The molecular formula is C18H20N4O3S. The van der Waals surface area contributed by atoms with E-state index >= 15 is 0 Å². The minimum atomic E-state index is -0.424. The molecule has 1 aliphatic rings. The van der Waals surface area contributed by atoms with E-state index in [-0.39, 0.29) is 22.9 Å². The van der Waals surface area contributed by atoms with Gasteiger partial charge in [-0.3, -0.25) is 9.59 Å². The summed E-state index contributed by atoms with van der Waals surface area (Å²) in [6, 6.07) is 0. The first-order valence-electron chi connectivity index (χ1n) is 8.37. The summed E-state index contributed by atoms with van der Waals surface area (Å²) >= 11 is 1.39. The summed E-state index contributed by atoms with van der Waals surface area (Å²) < 4.78 is 6.55. The molecule has 0 radical (unpaired) electrons. The van der Waals surface area contributed by atoms with Crippen LogP contribution in [0.2, 0.25) is 0 Å². The van der Waals surface area contributed by atoms with Crippen molar-refractivity contribution in [3.63, 3.8) is 0 Å². The van der Waals surface area contributed by atoms with Crippen molar-refractivity contribution in [2.45, 2.75) is 32.6 Å². The Hall–Kier alpha value is -2.74. The third-order valence-corrected chi connectivity index (χ3v) is 5.41. The van der Waals surface area contributed by atoms with Crippen LogP contribution in [-0.4, -0.2) is 27.5 Å². The smallest absolute Gasteiger partial charge is 0.283 e. The topological polar surface area (TPSA) is 99.6 Å². The van der Waals surface area contributed by atoms with Gasteiger partial charge in [0, 0.05) is 5.92 Å². The van der Waals surface area contributed by atoms with Crippen molar-refractivity contribution in [2.24, 2.45) is 0 Å². The number of rotatable bonds is 5. The number of ketones is 1. The van der Waals surface area contributed by atoms with Crippen molar-refractivity contribution in [1.82, 2.24) is 14.6 Å². The van der Waals surface area contributed by atoms with E-state index in [1.807, 2.05) is 0 Å². The lowest BCUT2D eigenvalue weighted by Gasteiger charge is -2.08. The maximum Gasteiger partial charge on any atom is 0.283 e. The molecule has 2 N–H and O–H groups in total. The number of carbonyl (C=O) groups excluding carboxylic acids is 1. The summed E-state index contributed by atoms with van der Waals surface area (Å²) in [5, 5.41) is 5.48. The molecule has 0 saturated carbocycles. The number of hydrogen-bond acceptors (Lipinski definition) is 7. The minimum absolute atomic E-state index is 0.205. The van der Waals surface area contributed by atoms with Gasteiger partial charge in [0.25, 0.3) is 5.56 Å². The van der Waals surface area contributed by atoms with Gasteiger partial charge in [0.05, 0.1) is 12.7 Å². The van der Waals surface area contributed by atoms with Gasteiger partial charge >= 0.3 is 0 Å². The van der Waals surface area contributed by atoms with Crippen LogP contribution >= 0.6 is 11.3 Å². The Balaban J connectivity index is 2.11. The molecular weight excluding hydrogens is 352 g/mol. The number of nitrogen functional groups attached to an aromatic ring is 1. The van der Waals surface area contributed by atoms with Gasteiger partial charge in [-0.25, -0.2) is 0 Å². The normalized spacial score (nSPS) is 15.9. The average molecular weight is 372 g/mol. The molecule has 7 nitrogen and oxygen atoms in total. The van der Waals surface area contributed by atoms with E-state index in [4.69, 9.17) is 10.5 Å². The highest BCUT2D eigenvalue weighted by Crippen LogP contribution is 2.28. The molecule has 26 heavy (non-hydrogen) atoms. The Morgan fingerprint density at radius 2 is 2.04 bits per heavy atom. The van der Waals surface area contributed by atoms with Crippen LogP contribution in [0.15, 0.2) is 34.4 Å². The highest BCUT2D eigenvalue weighted by atomic mass is 32.1. The third-order valence-electron chi connectivity index (χ3n) is 4.34. The van der Waals surface area contributed by atoms with Crippen molar-refractivity contribution < 1.29 is 9.53 Å². The molecule has 0 atom stereocenters. The van der Waals surface area contributed by atoms with Gasteiger partial charge in [-0.05, 0) is 36.6 Å². The predicted octanol–water partition coefficient (Wildman–Crippen LogP) is 2.69. The predicted molar refractivity (Wildman–Crippen MR) is 102 cm³/mol. The molecule has 0 saturated heterocycles. The van der Waals surface area contributed by atoms with Crippen molar-refractivity contribution >= 4 is 34.0 Å².